The van der Waals surface area contributed by atoms with Crippen molar-refractivity contribution in [1.29, 1.82) is 0 Å². The number of nitrogens with zero attached hydrogens (tertiary/aromatic N) is 5. The minimum Gasteiger partial charge on any atom is -0.383 e. The summed E-state index contributed by atoms with van der Waals surface area (Å²) in [7, 11) is 0. The zero-order valence-corrected chi connectivity index (χ0v) is 16.6. The Balaban J connectivity index is 1.35. The van der Waals surface area contributed by atoms with Gasteiger partial charge in [-0.25, -0.2) is 15.0 Å². The van der Waals surface area contributed by atoms with E-state index in [4.69, 9.17) is 12.2 Å². The first kappa shape index (κ1) is 19.6. The second-order valence-electron chi connectivity index (χ2n) is 7.10. The fourth-order valence-electron chi connectivity index (χ4n) is 3.50. The average Bonchev–Trinajstić information content (AvgIpc) is 2.78. The van der Waals surface area contributed by atoms with Gasteiger partial charge in [-0.15, -0.1) is 6.42 Å². The zero-order chi connectivity index (χ0) is 20.9. The molecular formula is C22H23N7O. The lowest BCUT2D eigenvalue weighted by molar-refractivity contribution is 0.0958. The highest BCUT2D eigenvalue weighted by Crippen LogP contribution is 2.19. The summed E-state index contributed by atoms with van der Waals surface area (Å²) in [5, 5.41) is 3.52. The summed E-state index contributed by atoms with van der Waals surface area (Å²) in [6, 6.07) is 11.4. The number of benzene rings is 1. The highest BCUT2D eigenvalue weighted by molar-refractivity contribution is 5.94. The largest absolute Gasteiger partial charge is 0.383 e. The molecule has 1 fully saturated rings. The highest BCUT2D eigenvalue weighted by Gasteiger charge is 2.19. The van der Waals surface area contributed by atoms with Crippen molar-refractivity contribution in [3.05, 3.63) is 54.0 Å². The molecule has 3 aromatic rings. The van der Waals surface area contributed by atoms with Crippen LogP contribution in [0, 0.1) is 12.3 Å². The molecule has 1 saturated heterocycles. The third kappa shape index (κ3) is 4.31. The van der Waals surface area contributed by atoms with Crippen LogP contribution in [0.25, 0.3) is 10.9 Å². The van der Waals surface area contributed by atoms with Gasteiger partial charge in [0.05, 0.1) is 24.2 Å². The van der Waals surface area contributed by atoms with Gasteiger partial charge in [0.25, 0.3) is 5.91 Å². The monoisotopic (exact) mass is 401 g/mol. The number of carbonyl (C=O) groups is 1. The summed E-state index contributed by atoms with van der Waals surface area (Å²) < 4.78 is 0. The van der Waals surface area contributed by atoms with Gasteiger partial charge in [-0.05, 0) is 24.3 Å². The topological polar surface area (TPSA) is 100 Å². The molecule has 8 nitrogen and oxygen atoms in total. The molecule has 1 amide bonds. The Morgan fingerprint density at radius 2 is 1.93 bits per heavy atom. The molecule has 3 heterocycles. The molecule has 152 valence electrons. The molecule has 1 aromatic carbocycles. The number of terminal acetylenes is 1. The van der Waals surface area contributed by atoms with E-state index >= 15 is 0 Å². The standard InChI is InChI=1S/C22H23N7O/c1-2-9-24-22(30)16-7-8-20(25-14-16)29-12-10-28(11-13-29)15-19-26-18-6-4-3-5-17(18)21(23)27-19/h1,3-8,14H,9-13,15H2,(H,24,30)(H2,23,26,27). The molecule has 0 atom stereocenters. The van der Waals surface area contributed by atoms with Crippen molar-refractivity contribution in [2.24, 2.45) is 0 Å². The Kier molecular flexibility index (Phi) is 5.72. The lowest BCUT2D eigenvalue weighted by Crippen LogP contribution is -2.46. The first-order valence-electron chi connectivity index (χ1n) is 9.80. The summed E-state index contributed by atoms with van der Waals surface area (Å²) in [6.07, 6.45) is 6.75. The number of hydrogen-bond acceptors (Lipinski definition) is 7. The van der Waals surface area contributed by atoms with Crippen LogP contribution in [0.15, 0.2) is 42.6 Å². The number of nitrogens with two attached hydrogens (primary N) is 1. The SMILES string of the molecule is C#CCNC(=O)c1ccc(N2CCN(Cc3nc(N)c4ccccc4n3)CC2)nc1. The zero-order valence-electron chi connectivity index (χ0n) is 16.6. The van der Waals surface area contributed by atoms with E-state index in [0.717, 1.165) is 48.7 Å². The molecule has 0 unspecified atom stereocenters. The number of nitrogen functional groups attached to an aromatic ring is 1. The molecule has 0 aliphatic carbocycles. The normalized spacial score (nSPS) is 14.4. The number of para-hydroxylation sites is 1. The number of hydrogen-bond donors (Lipinski definition) is 2. The number of amides is 1. The molecule has 30 heavy (non-hydrogen) atoms. The van der Waals surface area contributed by atoms with E-state index in [2.05, 4.69) is 36.0 Å². The summed E-state index contributed by atoms with van der Waals surface area (Å²) in [4.78, 5) is 30.0. The number of fused-ring (bicyclic) bond motifs is 1. The number of pyridine rings is 1. The van der Waals surface area contributed by atoms with Gasteiger partial charge in [-0.1, -0.05) is 18.1 Å². The predicted octanol–water partition coefficient (Wildman–Crippen LogP) is 1.29. The maximum atomic E-state index is 11.9. The lowest BCUT2D eigenvalue weighted by atomic mass is 10.2. The van der Waals surface area contributed by atoms with Crippen molar-refractivity contribution < 1.29 is 4.79 Å². The first-order valence-corrected chi connectivity index (χ1v) is 9.80. The molecule has 1 aliphatic heterocycles. The van der Waals surface area contributed by atoms with E-state index in [9.17, 15) is 4.79 Å². The van der Waals surface area contributed by atoms with Gasteiger partial charge < -0.3 is 16.0 Å². The smallest absolute Gasteiger partial charge is 0.253 e. The van der Waals surface area contributed by atoms with Gasteiger partial charge in [0.2, 0.25) is 0 Å². The number of carbonyl (C=O) groups excluding carboxylic acids is 1. The Labute approximate surface area is 175 Å². The van der Waals surface area contributed by atoms with E-state index in [0.29, 0.717) is 17.9 Å². The van der Waals surface area contributed by atoms with Crippen LogP contribution in [0.3, 0.4) is 0 Å². The van der Waals surface area contributed by atoms with Crippen molar-refractivity contribution >= 4 is 28.4 Å². The van der Waals surface area contributed by atoms with Crippen molar-refractivity contribution in [2.75, 3.05) is 43.4 Å². The fraction of sp³-hybridized carbons (Fsp3) is 0.273. The van der Waals surface area contributed by atoms with Crippen molar-refractivity contribution in [1.82, 2.24) is 25.2 Å². The molecule has 1 aliphatic rings. The van der Waals surface area contributed by atoms with E-state index in [-0.39, 0.29) is 12.5 Å². The maximum absolute atomic E-state index is 11.9. The first-order chi connectivity index (χ1) is 14.6. The third-order valence-corrected chi connectivity index (χ3v) is 5.10. The van der Waals surface area contributed by atoms with Crippen molar-refractivity contribution in [2.45, 2.75) is 6.54 Å². The van der Waals surface area contributed by atoms with E-state index in [1.165, 1.54) is 0 Å². The van der Waals surface area contributed by atoms with Crippen LogP contribution in [0.2, 0.25) is 0 Å². The van der Waals surface area contributed by atoms with Crippen LogP contribution in [-0.4, -0.2) is 58.5 Å². The number of aromatic nitrogens is 3. The van der Waals surface area contributed by atoms with Gasteiger partial charge in [0.15, 0.2) is 0 Å². The number of rotatable bonds is 5. The van der Waals surface area contributed by atoms with E-state index in [1.807, 2.05) is 30.3 Å². The van der Waals surface area contributed by atoms with Crippen LogP contribution < -0.4 is 16.0 Å². The molecule has 0 spiro atoms. The average molecular weight is 401 g/mol. The van der Waals surface area contributed by atoms with Crippen LogP contribution in [0.4, 0.5) is 11.6 Å². The van der Waals surface area contributed by atoms with E-state index in [1.54, 1.807) is 12.3 Å². The Bertz CT molecular complexity index is 1080. The molecule has 0 bridgehead atoms. The number of piperazine rings is 1. The summed E-state index contributed by atoms with van der Waals surface area (Å²) in [5.74, 6) is 4.28. The quantitative estimate of drug-likeness (QED) is 0.622. The second kappa shape index (κ2) is 8.76. The van der Waals surface area contributed by atoms with Crippen LogP contribution in [0.1, 0.15) is 16.2 Å². The molecule has 2 aromatic heterocycles. The summed E-state index contributed by atoms with van der Waals surface area (Å²) in [5.41, 5.74) is 7.46. The summed E-state index contributed by atoms with van der Waals surface area (Å²) in [6.45, 7) is 4.25. The van der Waals surface area contributed by atoms with Gasteiger partial charge in [-0.2, -0.15) is 0 Å². The van der Waals surface area contributed by atoms with Crippen molar-refractivity contribution in [3.8, 4) is 12.3 Å². The predicted molar refractivity (Wildman–Crippen MR) is 117 cm³/mol. The van der Waals surface area contributed by atoms with E-state index < -0.39 is 0 Å². The molecular weight excluding hydrogens is 378 g/mol. The molecule has 3 N–H and O–H groups in total. The van der Waals surface area contributed by atoms with Gasteiger partial charge >= 0.3 is 0 Å². The minimum atomic E-state index is -0.216. The van der Waals surface area contributed by atoms with Crippen LogP contribution in [0.5, 0.6) is 0 Å². The third-order valence-electron chi connectivity index (χ3n) is 5.10. The number of nitrogens with one attached hydrogen (secondary N) is 1. The highest BCUT2D eigenvalue weighted by atomic mass is 16.1. The van der Waals surface area contributed by atoms with Gasteiger partial charge in [0, 0.05) is 37.8 Å². The van der Waals surface area contributed by atoms with Crippen molar-refractivity contribution in [3.63, 3.8) is 0 Å². The van der Waals surface area contributed by atoms with Gasteiger partial charge in [-0.3, -0.25) is 9.69 Å². The molecule has 8 heteroatoms. The molecule has 4 rings (SSSR count). The van der Waals surface area contributed by atoms with Crippen LogP contribution in [-0.2, 0) is 6.54 Å². The van der Waals surface area contributed by atoms with Crippen LogP contribution >= 0.6 is 0 Å². The molecule has 0 saturated carbocycles. The second-order valence-corrected chi connectivity index (χ2v) is 7.10. The molecule has 0 radical (unpaired) electrons. The minimum absolute atomic E-state index is 0.203. The maximum Gasteiger partial charge on any atom is 0.253 e. The number of anilines is 2. The van der Waals surface area contributed by atoms with Gasteiger partial charge in [0.1, 0.15) is 17.5 Å². The Morgan fingerprint density at radius 1 is 1.13 bits per heavy atom. The fourth-order valence-corrected chi connectivity index (χ4v) is 3.50. The lowest BCUT2D eigenvalue weighted by Gasteiger charge is -2.35. The summed E-state index contributed by atoms with van der Waals surface area (Å²) >= 11 is 0. The Hall–Kier alpha value is -3.70. The Morgan fingerprint density at radius 3 is 2.67 bits per heavy atom.